The van der Waals surface area contributed by atoms with Crippen molar-refractivity contribution in [3.8, 4) is 22.6 Å². The van der Waals surface area contributed by atoms with Crippen molar-refractivity contribution in [1.82, 2.24) is 5.32 Å². The average molecular weight is 310 g/mol. The number of hydrogen-bond donors (Lipinski definition) is 1. The molecule has 1 N–H and O–H groups in total. The van der Waals surface area contributed by atoms with Crippen LogP contribution in [0.5, 0.6) is 11.5 Å². The number of piperazine rings is 1. The lowest BCUT2D eigenvalue weighted by Gasteiger charge is -2.36. The summed E-state index contributed by atoms with van der Waals surface area (Å²) < 4.78 is 11.5. The molecular weight excluding hydrogens is 288 g/mol. The van der Waals surface area contributed by atoms with E-state index in [0.29, 0.717) is 6.04 Å². The van der Waals surface area contributed by atoms with Crippen LogP contribution < -0.4 is 19.7 Å². The monoisotopic (exact) mass is 310 g/mol. The maximum absolute atomic E-state index is 5.99. The lowest BCUT2D eigenvalue weighted by Crippen LogP contribution is -2.51. The van der Waals surface area contributed by atoms with Crippen molar-refractivity contribution >= 4 is 5.69 Å². The second-order valence-corrected chi connectivity index (χ2v) is 6.07. The standard InChI is InChI=1S/C19H22N2O2/c1-22-18-5-3-2-4-16(18)14-6-7-19-17(12-14)21-10-9-20-13-15(21)8-11-23-19/h2-7,12,15,20H,8-11,13H2,1H3. The van der Waals surface area contributed by atoms with E-state index in [1.54, 1.807) is 7.11 Å². The number of hydrogen-bond acceptors (Lipinski definition) is 4. The van der Waals surface area contributed by atoms with Crippen LogP contribution in [0.25, 0.3) is 11.1 Å². The van der Waals surface area contributed by atoms with Gasteiger partial charge in [-0.15, -0.1) is 0 Å². The molecule has 0 aliphatic carbocycles. The second kappa shape index (κ2) is 6.13. The number of ether oxygens (including phenoxy) is 2. The van der Waals surface area contributed by atoms with Gasteiger partial charge in [0.15, 0.2) is 0 Å². The molecule has 1 unspecified atom stereocenters. The number of rotatable bonds is 2. The molecule has 0 saturated carbocycles. The number of methoxy groups -OCH3 is 1. The van der Waals surface area contributed by atoms with Gasteiger partial charge >= 0.3 is 0 Å². The minimum Gasteiger partial charge on any atom is -0.496 e. The van der Waals surface area contributed by atoms with Crippen LogP contribution in [0.4, 0.5) is 5.69 Å². The smallest absolute Gasteiger partial charge is 0.142 e. The minimum atomic E-state index is 0.512. The zero-order chi connectivity index (χ0) is 15.6. The summed E-state index contributed by atoms with van der Waals surface area (Å²) >= 11 is 0. The van der Waals surface area contributed by atoms with E-state index in [2.05, 4.69) is 34.5 Å². The minimum absolute atomic E-state index is 0.512. The third-order valence-corrected chi connectivity index (χ3v) is 4.75. The van der Waals surface area contributed by atoms with Crippen LogP contribution in [0.1, 0.15) is 6.42 Å². The van der Waals surface area contributed by atoms with Gasteiger partial charge in [-0.2, -0.15) is 0 Å². The van der Waals surface area contributed by atoms with Crippen molar-refractivity contribution in [3.05, 3.63) is 42.5 Å². The molecule has 0 spiro atoms. The van der Waals surface area contributed by atoms with Gasteiger partial charge in [-0.3, -0.25) is 0 Å². The Bertz CT molecular complexity index is 702. The first-order valence-corrected chi connectivity index (χ1v) is 8.24. The van der Waals surface area contributed by atoms with Gasteiger partial charge in [0.25, 0.3) is 0 Å². The van der Waals surface area contributed by atoms with Crippen molar-refractivity contribution < 1.29 is 9.47 Å². The summed E-state index contributed by atoms with van der Waals surface area (Å²) in [5.74, 6) is 1.90. The highest BCUT2D eigenvalue weighted by molar-refractivity contribution is 5.76. The van der Waals surface area contributed by atoms with Gasteiger partial charge in [0.2, 0.25) is 0 Å². The Kier molecular flexibility index (Phi) is 3.83. The third-order valence-electron chi connectivity index (χ3n) is 4.75. The van der Waals surface area contributed by atoms with Gasteiger partial charge in [-0.1, -0.05) is 24.3 Å². The van der Waals surface area contributed by atoms with E-state index >= 15 is 0 Å². The molecule has 0 amide bonds. The van der Waals surface area contributed by atoms with E-state index in [-0.39, 0.29) is 0 Å². The fourth-order valence-electron chi connectivity index (χ4n) is 3.56. The van der Waals surface area contributed by atoms with Crippen molar-refractivity contribution in [1.29, 1.82) is 0 Å². The SMILES string of the molecule is COc1ccccc1-c1ccc2c(c1)N1CCNCC1CCO2. The first kappa shape index (κ1) is 14.4. The van der Waals surface area contributed by atoms with E-state index in [0.717, 1.165) is 49.7 Å². The molecular formula is C19H22N2O2. The van der Waals surface area contributed by atoms with Gasteiger partial charge in [0, 0.05) is 37.7 Å². The van der Waals surface area contributed by atoms with Crippen LogP contribution in [-0.2, 0) is 0 Å². The van der Waals surface area contributed by atoms with E-state index in [1.165, 1.54) is 11.3 Å². The Morgan fingerprint density at radius 2 is 2.13 bits per heavy atom. The lowest BCUT2D eigenvalue weighted by molar-refractivity contribution is 0.304. The molecule has 2 aromatic rings. The topological polar surface area (TPSA) is 33.7 Å². The molecule has 4 nitrogen and oxygen atoms in total. The number of benzene rings is 2. The Morgan fingerprint density at radius 1 is 1.22 bits per heavy atom. The quantitative estimate of drug-likeness (QED) is 0.925. The summed E-state index contributed by atoms with van der Waals surface area (Å²) in [6.07, 6.45) is 1.06. The van der Waals surface area contributed by atoms with Crippen LogP contribution in [0.15, 0.2) is 42.5 Å². The summed E-state index contributed by atoms with van der Waals surface area (Å²) in [5.41, 5.74) is 3.50. The molecule has 1 fully saturated rings. The summed E-state index contributed by atoms with van der Waals surface area (Å²) in [4.78, 5) is 2.50. The van der Waals surface area contributed by atoms with E-state index in [4.69, 9.17) is 9.47 Å². The second-order valence-electron chi connectivity index (χ2n) is 6.07. The van der Waals surface area contributed by atoms with Crippen LogP contribution in [-0.4, -0.2) is 39.4 Å². The predicted octanol–water partition coefficient (Wildman–Crippen LogP) is 2.92. The van der Waals surface area contributed by atoms with Crippen LogP contribution in [0.3, 0.4) is 0 Å². The summed E-state index contributed by atoms with van der Waals surface area (Å²) in [6.45, 7) is 3.86. The molecule has 4 rings (SSSR count). The Hall–Kier alpha value is -2.20. The average Bonchev–Trinajstić information content (AvgIpc) is 2.80. The molecule has 4 heteroatoms. The van der Waals surface area contributed by atoms with Crippen LogP contribution >= 0.6 is 0 Å². The summed E-state index contributed by atoms with van der Waals surface area (Å²) in [7, 11) is 1.72. The molecule has 2 heterocycles. The first-order valence-electron chi connectivity index (χ1n) is 8.24. The molecule has 0 bridgehead atoms. The molecule has 120 valence electrons. The van der Waals surface area contributed by atoms with Gasteiger partial charge in [-0.25, -0.2) is 0 Å². The molecule has 23 heavy (non-hydrogen) atoms. The normalized spacial score (nSPS) is 20.0. The summed E-state index contributed by atoms with van der Waals surface area (Å²) in [6, 6.07) is 15.1. The Labute approximate surface area is 137 Å². The van der Waals surface area contributed by atoms with E-state index < -0.39 is 0 Å². The Balaban J connectivity index is 1.79. The van der Waals surface area contributed by atoms with Gasteiger partial charge in [0.1, 0.15) is 11.5 Å². The molecule has 2 aliphatic rings. The van der Waals surface area contributed by atoms with E-state index in [9.17, 15) is 0 Å². The summed E-state index contributed by atoms with van der Waals surface area (Å²) in [5, 5.41) is 3.49. The molecule has 2 aliphatic heterocycles. The number of para-hydroxylation sites is 1. The lowest BCUT2D eigenvalue weighted by atomic mass is 10.0. The van der Waals surface area contributed by atoms with Gasteiger partial charge in [-0.05, 0) is 23.8 Å². The highest BCUT2D eigenvalue weighted by Gasteiger charge is 2.27. The number of nitrogens with zero attached hydrogens (tertiary/aromatic N) is 1. The van der Waals surface area contributed by atoms with Crippen LogP contribution in [0, 0.1) is 0 Å². The highest BCUT2D eigenvalue weighted by Crippen LogP contribution is 2.39. The third kappa shape index (κ3) is 2.63. The maximum atomic E-state index is 5.99. The van der Waals surface area contributed by atoms with Crippen molar-refractivity contribution in [2.24, 2.45) is 0 Å². The van der Waals surface area contributed by atoms with Crippen molar-refractivity contribution in [2.45, 2.75) is 12.5 Å². The largest absolute Gasteiger partial charge is 0.496 e. The van der Waals surface area contributed by atoms with Crippen molar-refractivity contribution in [2.75, 3.05) is 38.3 Å². The molecule has 0 aromatic heterocycles. The first-order chi connectivity index (χ1) is 11.4. The van der Waals surface area contributed by atoms with Gasteiger partial charge in [0.05, 0.1) is 19.4 Å². The highest BCUT2D eigenvalue weighted by atomic mass is 16.5. The molecule has 2 aromatic carbocycles. The predicted molar refractivity (Wildman–Crippen MR) is 92.5 cm³/mol. The molecule has 1 atom stereocenters. The fraction of sp³-hybridized carbons (Fsp3) is 0.368. The van der Waals surface area contributed by atoms with Crippen LogP contribution in [0.2, 0.25) is 0 Å². The van der Waals surface area contributed by atoms with E-state index in [1.807, 2.05) is 18.2 Å². The molecule has 0 radical (unpaired) electrons. The number of anilines is 1. The van der Waals surface area contributed by atoms with Crippen molar-refractivity contribution in [3.63, 3.8) is 0 Å². The Morgan fingerprint density at radius 3 is 3.04 bits per heavy atom. The zero-order valence-corrected chi connectivity index (χ0v) is 13.4. The number of nitrogens with one attached hydrogen (secondary N) is 1. The number of fused-ring (bicyclic) bond motifs is 3. The maximum Gasteiger partial charge on any atom is 0.142 e. The molecule has 1 saturated heterocycles. The fourth-order valence-corrected chi connectivity index (χ4v) is 3.56. The zero-order valence-electron chi connectivity index (χ0n) is 13.4. The van der Waals surface area contributed by atoms with Gasteiger partial charge < -0.3 is 19.7 Å².